The van der Waals surface area contributed by atoms with Crippen LogP contribution in [0.2, 0.25) is 0 Å². The summed E-state index contributed by atoms with van der Waals surface area (Å²) in [6, 6.07) is 0. The quantitative estimate of drug-likeness (QED) is 0.428. The molecule has 0 aromatic heterocycles. The van der Waals surface area contributed by atoms with E-state index < -0.39 is 15.7 Å². The highest BCUT2D eigenvalue weighted by atomic mass is 35.6. The molecule has 1 unspecified atom stereocenters. The fourth-order valence-corrected chi connectivity index (χ4v) is 0.532. The van der Waals surface area contributed by atoms with Crippen LogP contribution >= 0.6 is 34.8 Å². The van der Waals surface area contributed by atoms with E-state index in [0.29, 0.717) is 6.42 Å². The standard InChI is InChI=1S/C7H9Cl3O3/c1-3-4(2)5(11)13-6(12)7(8,9)10/h4H,3H2,1-2H3. The molecule has 0 fully saturated rings. The third kappa shape index (κ3) is 4.69. The summed E-state index contributed by atoms with van der Waals surface area (Å²) in [5, 5.41) is 0. The SMILES string of the molecule is CCC(C)C(=O)OC(=O)C(Cl)(Cl)Cl. The summed E-state index contributed by atoms with van der Waals surface area (Å²) < 4.78 is 2.10. The topological polar surface area (TPSA) is 43.4 Å². The first-order valence-corrected chi connectivity index (χ1v) is 4.75. The maximum atomic E-state index is 11.0. The van der Waals surface area contributed by atoms with E-state index in [4.69, 9.17) is 34.8 Å². The van der Waals surface area contributed by atoms with Crippen molar-refractivity contribution in [3.63, 3.8) is 0 Å². The average molecular weight is 248 g/mol. The lowest BCUT2D eigenvalue weighted by Crippen LogP contribution is -2.27. The van der Waals surface area contributed by atoms with Crippen molar-refractivity contribution in [3.05, 3.63) is 0 Å². The number of hydrogen-bond donors (Lipinski definition) is 0. The van der Waals surface area contributed by atoms with Crippen LogP contribution in [0.25, 0.3) is 0 Å². The molecule has 0 aliphatic rings. The second kappa shape index (κ2) is 5.03. The smallest absolute Gasteiger partial charge is 0.366 e. The van der Waals surface area contributed by atoms with Gasteiger partial charge in [0.1, 0.15) is 0 Å². The van der Waals surface area contributed by atoms with Crippen LogP contribution in [0.1, 0.15) is 20.3 Å². The molecule has 13 heavy (non-hydrogen) atoms. The first kappa shape index (κ1) is 13.0. The molecule has 0 rings (SSSR count). The highest BCUT2D eigenvalue weighted by molar-refractivity contribution is 6.75. The average Bonchev–Trinajstić information content (AvgIpc) is 2.01. The van der Waals surface area contributed by atoms with E-state index in [1.54, 1.807) is 13.8 Å². The van der Waals surface area contributed by atoms with Crippen LogP contribution in [0.5, 0.6) is 0 Å². The molecule has 0 saturated heterocycles. The minimum Gasteiger partial charge on any atom is -0.390 e. The molecule has 0 heterocycles. The number of carbonyl (C=O) groups is 2. The first-order valence-electron chi connectivity index (χ1n) is 3.61. The van der Waals surface area contributed by atoms with Gasteiger partial charge < -0.3 is 4.74 Å². The molecule has 3 nitrogen and oxygen atoms in total. The van der Waals surface area contributed by atoms with Crippen molar-refractivity contribution in [1.29, 1.82) is 0 Å². The van der Waals surface area contributed by atoms with Crippen LogP contribution in [-0.2, 0) is 14.3 Å². The van der Waals surface area contributed by atoms with Crippen LogP contribution in [0.3, 0.4) is 0 Å². The van der Waals surface area contributed by atoms with Crippen LogP contribution < -0.4 is 0 Å². The summed E-state index contributed by atoms with van der Waals surface area (Å²) in [5.74, 6) is -2.22. The summed E-state index contributed by atoms with van der Waals surface area (Å²) in [6.45, 7) is 3.40. The molecule has 0 saturated carbocycles. The number of rotatable bonds is 2. The molecule has 0 amide bonds. The third-order valence-electron chi connectivity index (χ3n) is 1.44. The third-order valence-corrected chi connectivity index (χ3v) is 1.90. The molecule has 0 bridgehead atoms. The molecular formula is C7H9Cl3O3. The maximum absolute atomic E-state index is 11.0. The monoisotopic (exact) mass is 246 g/mol. The highest BCUT2D eigenvalue weighted by Gasteiger charge is 2.35. The van der Waals surface area contributed by atoms with Gasteiger partial charge in [0.2, 0.25) is 0 Å². The van der Waals surface area contributed by atoms with E-state index in [-0.39, 0.29) is 5.92 Å². The van der Waals surface area contributed by atoms with Crippen LogP contribution in [0.15, 0.2) is 0 Å². The van der Waals surface area contributed by atoms with Gasteiger partial charge in [-0.25, -0.2) is 4.79 Å². The Morgan fingerprint density at radius 2 is 1.85 bits per heavy atom. The van der Waals surface area contributed by atoms with E-state index in [2.05, 4.69) is 4.74 Å². The lowest BCUT2D eigenvalue weighted by molar-refractivity contribution is -0.161. The van der Waals surface area contributed by atoms with Crippen molar-refractivity contribution in [2.24, 2.45) is 5.92 Å². The van der Waals surface area contributed by atoms with Gasteiger partial charge in [0.15, 0.2) is 0 Å². The Bertz CT molecular complexity index is 210. The predicted octanol–water partition coefficient (Wildman–Crippen LogP) is 2.47. The van der Waals surface area contributed by atoms with Crippen molar-refractivity contribution >= 4 is 46.7 Å². The second-order valence-corrected chi connectivity index (χ2v) is 4.80. The van der Waals surface area contributed by atoms with Gasteiger partial charge in [-0.1, -0.05) is 48.7 Å². The van der Waals surface area contributed by atoms with Gasteiger partial charge in [-0.2, -0.15) is 0 Å². The Labute approximate surface area is 91.3 Å². The van der Waals surface area contributed by atoms with Crippen molar-refractivity contribution in [1.82, 2.24) is 0 Å². The first-order chi connectivity index (χ1) is 5.79. The minimum atomic E-state index is -2.19. The van der Waals surface area contributed by atoms with Crippen LogP contribution in [0.4, 0.5) is 0 Å². The molecule has 0 N–H and O–H groups in total. The minimum absolute atomic E-state index is 0.378. The van der Waals surface area contributed by atoms with Crippen molar-refractivity contribution in [2.75, 3.05) is 0 Å². The number of alkyl halides is 3. The Balaban J connectivity index is 4.16. The second-order valence-electron chi connectivity index (χ2n) is 2.52. The zero-order valence-corrected chi connectivity index (χ0v) is 9.41. The summed E-state index contributed by atoms with van der Waals surface area (Å²) in [5.41, 5.74) is 0. The molecule has 0 aromatic carbocycles. The summed E-state index contributed by atoms with van der Waals surface area (Å²) in [7, 11) is 0. The number of esters is 2. The molecule has 6 heteroatoms. The van der Waals surface area contributed by atoms with Crippen molar-refractivity contribution in [3.8, 4) is 0 Å². The van der Waals surface area contributed by atoms with E-state index >= 15 is 0 Å². The highest BCUT2D eigenvalue weighted by Crippen LogP contribution is 2.27. The lowest BCUT2D eigenvalue weighted by atomic mass is 10.1. The summed E-state index contributed by atoms with van der Waals surface area (Å²) >= 11 is 15.5. The molecule has 0 spiro atoms. The number of ether oxygens (including phenoxy) is 1. The summed E-state index contributed by atoms with van der Waals surface area (Å²) in [4.78, 5) is 21.9. The van der Waals surface area contributed by atoms with Gasteiger partial charge in [0, 0.05) is 0 Å². The molecule has 1 atom stereocenters. The van der Waals surface area contributed by atoms with Crippen LogP contribution in [0, 0.1) is 5.92 Å². The van der Waals surface area contributed by atoms with E-state index in [1.165, 1.54) is 0 Å². The molecule has 0 radical (unpaired) electrons. The number of halogens is 3. The van der Waals surface area contributed by atoms with E-state index in [1.807, 2.05) is 0 Å². The number of carbonyl (C=O) groups excluding carboxylic acids is 2. The van der Waals surface area contributed by atoms with Gasteiger partial charge in [0.25, 0.3) is 3.79 Å². The summed E-state index contributed by atoms with van der Waals surface area (Å²) in [6.07, 6.45) is 0.561. The maximum Gasteiger partial charge on any atom is 0.366 e. The van der Waals surface area contributed by atoms with Crippen LogP contribution in [-0.4, -0.2) is 15.7 Å². The number of hydrogen-bond acceptors (Lipinski definition) is 3. The lowest BCUT2D eigenvalue weighted by Gasteiger charge is -2.11. The molecule has 0 aliphatic heterocycles. The molecule has 76 valence electrons. The largest absolute Gasteiger partial charge is 0.390 e. The molecular weight excluding hydrogens is 238 g/mol. The van der Waals surface area contributed by atoms with E-state index in [0.717, 1.165) is 0 Å². The Morgan fingerprint density at radius 1 is 1.38 bits per heavy atom. The van der Waals surface area contributed by atoms with E-state index in [9.17, 15) is 9.59 Å². The van der Waals surface area contributed by atoms with Gasteiger partial charge in [-0.15, -0.1) is 0 Å². The van der Waals surface area contributed by atoms with Crippen molar-refractivity contribution in [2.45, 2.75) is 24.1 Å². The van der Waals surface area contributed by atoms with Crippen molar-refractivity contribution < 1.29 is 14.3 Å². The Hall–Kier alpha value is 0.01000. The van der Waals surface area contributed by atoms with Gasteiger partial charge in [0.05, 0.1) is 5.92 Å². The zero-order chi connectivity index (χ0) is 10.6. The Kier molecular flexibility index (Phi) is 5.04. The Morgan fingerprint density at radius 3 is 2.15 bits per heavy atom. The fourth-order valence-electron chi connectivity index (χ4n) is 0.416. The predicted molar refractivity (Wildman–Crippen MR) is 50.8 cm³/mol. The van der Waals surface area contributed by atoms with Gasteiger partial charge in [-0.05, 0) is 6.42 Å². The van der Waals surface area contributed by atoms with Gasteiger partial charge in [-0.3, -0.25) is 4.79 Å². The molecule has 0 aliphatic carbocycles. The van der Waals surface area contributed by atoms with Gasteiger partial charge >= 0.3 is 11.9 Å². The normalized spacial score (nSPS) is 13.6. The fraction of sp³-hybridized carbons (Fsp3) is 0.714. The zero-order valence-electron chi connectivity index (χ0n) is 7.14. The molecule has 0 aromatic rings.